The third-order valence-electron chi connectivity index (χ3n) is 5.28. The molecule has 0 bridgehead atoms. The number of carbonyl (C=O) groups is 1. The quantitative estimate of drug-likeness (QED) is 0.251. The number of hydrogen-bond acceptors (Lipinski definition) is 8. The zero-order chi connectivity index (χ0) is 24.3. The molecule has 3 N–H and O–H groups in total. The van der Waals surface area contributed by atoms with E-state index >= 15 is 0 Å². The van der Waals surface area contributed by atoms with E-state index < -0.39 is 17.6 Å². The van der Waals surface area contributed by atoms with Gasteiger partial charge < -0.3 is 20.5 Å². The molecule has 0 atom stereocenters. The van der Waals surface area contributed by atoms with Crippen LogP contribution in [0.3, 0.4) is 0 Å². The SMILES string of the molecule is COCCOc1ccc(C(F)(F)F)cc1NC(=O)CSc1nc(N)c2c3c(sc2n1)CCCC3. The first kappa shape index (κ1) is 24.6. The highest BCUT2D eigenvalue weighted by Gasteiger charge is 2.31. The van der Waals surface area contributed by atoms with Crippen LogP contribution in [0.2, 0.25) is 0 Å². The van der Waals surface area contributed by atoms with Crippen LogP contribution in [-0.2, 0) is 28.5 Å². The normalized spacial score (nSPS) is 13.6. The molecule has 2 heterocycles. The summed E-state index contributed by atoms with van der Waals surface area (Å²) in [5, 5.41) is 3.75. The number of amides is 1. The zero-order valence-electron chi connectivity index (χ0n) is 18.3. The molecule has 0 unspecified atom stereocenters. The average Bonchev–Trinajstić information content (AvgIpc) is 3.17. The van der Waals surface area contributed by atoms with Gasteiger partial charge in [0.05, 0.1) is 29.0 Å². The molecule has 0 saturated carbocycles. The van der Waals surface area contributed by atoms with Crippen molar-refractivity contribution in [1.29, 1.82) is 0 Å². The van der Waals surface area contributed by atoms with Gasteiger partial charge in [0.25, 0.3) is 0 Å². The number of nitrogen functional groups attached to an aromatic ring is 1. The van der Waals surface area contributed by atoms with Crippen LogP contribution in [0.25, 0.3) is 10.2 Å². The Morgan fingerprint density at radius 1 is 1.24 bits per heavy atom. The number of aryl methyl sites for hydroxylation is 2. The molecule has 0 aliphatic heterocycles. The molecular weight excluding hydrogens is 489 g/mol. The first-order valence-electron chi connectivity index (χ1n) is 10.6. The highest BCUT2D eigenvalue weighted by Crippen LogP contribution is 2.39. The van der Waals surface area contributed by atoms with Crippen LogP contribution in [0.5, 0.6) is 5.75 Å². The molecule has 0 spiro atoms. The molecular formula is C22H23F3N4O3S2. The maximum atomic E-state index is 13.2. The number of halogens is 3. The number of thiophene rings is 1. The molecule has 12 heteroatoms. The summed E-state index contributed by atoms with van der Waals surface area (Å²) >= 11 is 2.67. The van der Waals surface area contributed by atoms with Gasteiger partial charge in [-0.05, 0) is 49.4 Å². The van der Waals surface area contributed by atoms with Crippen LogP contribution in [-0.4, -0.2) is 42.0 Å². The summed E-state index contributed by atoms with van der Waals surface area (Å²) in [7, 11) is 1.48. The molecule has 1 aliphatic carbocycles. The number of fused-ring (bicyclic) bond motifs is 3. The van der Waals surface area contributed by atoms with Gasteiger partial charge in [-0.25, -0.2) is 9.97 Å². The second kappa shape index (κ2) is 10.4. The van der Waals surface area contributed by atoms with Crippen molar-refractivity contribution in [2.24, 2.45) is 0 Å². The number of methoxy groups -OCH3 is 1. The van der Waals surface area contributed by atoms with Gasteiger partial charge in [0.2, 0.25) is 5.91 Å². The number of hydrogen-bond donors (Lipinski definition) is 2. The van der Waals surface area contributed by atoms with Crippen LogP contribution in [0.4, 0.5) is 24.7 Å². The summed E-state index contributed by atoms with van der Waals surface area (Å²) in [6.45, 7) is 0.370. The standard InChI is InChI=1S/C22H23F3N4O3S2/c1-31-8-9-32-15-7-6-12(22(23,24)25)10-14(15)27-17(30)11-33-21-28-19(26)18-13-4-2-3-5-16(13)34-20(18)29-21/h6-7,10H,2-5,8-9,11H2,1H3,(H,27,30)(H2,26,28,29). The molecule has 0 radical (unpaired) electrons. The number of ether oxygens (including phenoxy) is 2. The summed E-state index contributed by atoms with van der Waals surface area (Å²) in [6.07, 6.45) is -0.334. The van der Waals surface area contributed by atoms with Crippen molar-refractivity contribution in [1.82, 2.24) is 9.97 Å². The van der Waals surface area contributed by atoms with E-state index in [9.17, 15) is 18.0 Å². The van der Waals surface area contributed by atoms with Crippen LogP contribution in [0.1, 0.15) is 28.8 Å². The number of rotatable bonds is 8. The van der Waals surface area contributed by atoms with Crippen molar-refractivity contribution in [3.63, 3.8) is 0 Å². The maximum absolute atomic E-state index is 13.2. The minimum absolute atomic E-state index is 0.0710. The van der Waals surface area contributed by atoms with Crippen molar-refractivity contribution in [3.05, 3.63) is 34.2 Å². The van der Waals surface area contributed by atoms with Gasteiger partial charge in [0, 0.05) is 12.0 Å². The van der Waals surface area contributed by atoms with E-state index in [4.69, 9.17) is 15.2 Å². The Morgan fingerprint density at radius 3 is 2.79 bits per heavy atom. The first-order chi connectivity index (χ1) is 16.3. The first-order valence-corrected chi connectivity index (χ1v) is 12.4. The fourth-order valence-corrected chi connectivity index (χ4v) is 5.69. The number of alkyl halides is 3. The van der Waals surface area contributed by atoms with E-state index in [0.29, 0.717) is 11.0 Å². The lowest BCUT2D eigenvalue weighted by Gasteiger charge is -2.15. The topological polar surface area (TPSA) is 99.4 Å². The average molecular weight is 513 g/mol. The Labute approximate surface area is 202 Å². The van der Waals surface area contributed by atoms with Crippen LogP contribution in [0.15, 0.2) is 23.4 Å². The molecule has 182 valence electrons. The molecule has 0 fully saturated rings. The number of nitrogens with two attached hydrogens (primary N) is 1. The minimum Gasteiger partial charge on any atom is -0.489 e. The van der Waals surface area contributed by atoms with E-state index in [2.05, 4.69) is 15.3 Å². The molecule has 2 aromatic heterocycles. The molecule has 0 saturated heterocycles. The molecule has 7 nitrogen and oxygen atoms in total. The summed E-state index contributed by atoms with van der Waals surface area (Å²) in [5.74, 6) is -0.119. The lowest BCUT2D eigenvalue weighted by Crippen LogP contribution is -2.17. The highest BCUT2D eigenvalue weighted by atomic mass is 32.2. The van der Waals surface area contributed by atoms with Gasteiger partial charge in [-0.1, -0.05) is 11.8 Å². The number of nitrogens with zero attached hydrogens (tertiary/aromatic N) is 2. The lowest BCUT2D eigenvalue weighted by molar-refractivity contribution is -0.137. The predicted molar refractivity (Wildman–Crippen MR) is 127 cm³/mol. The van der Waals surface area contributed by atoms with Gasteiger partial charge in [0.1, 0.15) is 23.0 Å². The molecule has 4 rings (SSSR count). The molecule has 1 aliphatic rings. The zero-order valence-corrected chi connectivity index (χ0v) is 20.0. The van der Waals surface area contributed by atoms with Crippen molar-refractivity contribution in [2.45, 2.75) is 37.0 Å². The smallest absolute Gasteiger partial charge is 0.416 e. The fourth-order valence-electron chi connectivity index (χ4n) is 3.71. The minimum atomic E-state index is -4.56. The van der Waals surface area contributed by atoms with Crippen LogP contribution in [0, 0.1) is 0 Å². The van der Waals surface area contributed by atoms with Crippen molar-refractivity contribution < 1.29 is 27.4 Å². The van der Waals surface area contributed by atoms with E-state index in [1.54, 1.807) is 11.3 Å². The third-order valence-corrected chi connectivity index (χ3v) is 7.31. The predicted octanol–water partition coefficient (Wildman–Crippen LogP) is 4.93. The highest BCUT2D eigenvalue weighted by molar-refractivity contribution is 7.99. The summed E-state index contributed by atoms with van der Waals surface area (Å²) in [5.41, 5.74) is 6.46. The number of carbonyl (C=O) groups excluding carboxylic acids is 1. The monoisotopic (exact) mass is 512 g/mol. The number of anilines is 2. The van der Waals surface area contributed by atoms with Gasteiger partial charge in [-0.3, -0.25) is 4.79 Å². The largest absolute Gasteiger partial charge is 0.489 e. The van der Waals surface area contributed by atoms with Gasteiger partial charge in [-0.15, -0.1) is 11.3 Å². The summed E-state index contributed by atoms with van der Waals surface area (Å²) in [4.78, 5) is 23.5. The van der Waals surface area contributed by atoms with Gasteiger partial charge in [0.15, 0.2) is 5.16 Å². The number of thioether (sulfide) groups is 1. The Bertz CT molecular complexity index is 1200. The van der Waals surface area contributed by atoms with E-state index in [0.717, 1.165) is 59.8 Å². The Morgan fingerprint density at radius 2 is 2.03 bits per heavy atom. The van der Waals surface area contributed by atoms with Crippen molar-refractivity contribution >= 4 is 50.7 Å². The van der Waals surface area contributed by atoms with Gasteiger partial charge in [-0.2, -0.15) is 13.2 Å². The molecule has 1 aromatic carbocycles. The van der Waals surface area contributed by atoms with Gasteiger partial charge >= 0.3 is 6.18 Å². The molecule has 34 heavy (non-hydrogen) atoms. The second-order valence-electron chi connectivity index (χ2n) is 7.67. The maximum Gasteiger partial charge on any atom is 0.416 e. The summed E-state index contributed by atoms with van der Waals surface area (Å²) in [6, 6.07) is 2.93. The lowest BCUT2D eigenvalue weighted by atomic mass is 9.97. The van der Waals surface area contributed by atoms with Crippen LogP contribution >= 0.6 is 23.1 Å². The molecule has 1 amide bonds. The van der Waals surface area contributed by atoms with E-state index in [-0.39, 0.29) is 30.4 Å². The number of nitrogens with one attached hydrogen (secondary N) is 1. The van der Waals surface area contributed by atoms with Crippen LogP contribution < -0.4 is 15.8 Å². The van der Waals surface area contributed by atoms with Crippen molar-refractivity contribution in [3.8, 4) is 5.75 Å². The Hall–Kier alpha value is -2.57. The fraction of sp³-hybridized carbons (Fsp3) is 0.409. The Balaban J connectivity index is 1.47. The van der Waals surface area contributed by atoms with Crippen molar-refractivity contribution in [2.75, 3.05) is 37.1 Å². The second-order valence-corrected chi connectivity index (χ2v) is 9.70. The number of aromatic nitrogens is 2. The Kier molecular flexibility index (Phi) is 7.48. The van der Waals surface area contributed by atoms with E-state index in [1.165, 1.54) is 23.6 Å². The molecule has 3 aromatic rings. The summed E-state index contributed by atoms with van der Waals surface area (Å²) < 4.78 is 49.8. The van der Waals surface area contributed by atoms with E-state index in [1.807, 2.05) is 0 Å². The third kappa shape index (κ3) is 5.56. The number of benzene rings is 1.